The molecule has 0 bridgehead atoms. The van der Waals surface area contributed by atoms with Crippen molar-refractivity contribution in [1.82, 2.24) is 14.9 Å². The number of carbonyl (C=O) groups is 1. The minimum Gasteiger partial charge on any atom is -0.396 e. The highest BCUT2D eigenvalue weighted by molar-refractivity contribution is 6.35. The van der Waals surface area contributed by atoms with Crippen LogP contribution in [-0.4, -0.2) is 39.0 Å². The number of benzene rings is 1. The summed E-state index contributed by atoms with van der Waals surface area (Å²) in [4.78, 5) is 23.1. The van der Waals surface area contributed by atoms with Gasteiger partial charge in [-0.05, 0) is 30.2 Å². The molecule has 128 valence electrons. The molecular weight excluding hydrogens is 338 g/mol. The fraction of sp³-hybridized carbons (Fsp3) is 0.211. The van der Waals surface area contributed by atoms with E-state index in [9.17, 15) is 4.79 Å². The van der Waals surface area contributed by atoms with Gasteiger partial charge in [0.15, 0.2) is 0 Å². The molecule has 0 aliphatic rings. The summed E-state index contributed by atoms with van der Waals surface area (Å²) in [5.41, 5.74) is 1.87. The molecule has 6 heteroatoms. The van der Waals surface area contributed by atoms with Gasteiger partial charge in [-0.25, -0.2) is 4.98 Å². The molecule has 0 atom stereocenters. The van der Waals surface area contributed by atoms with Crippen LogP contribution in [0.15, 0.2) is 54.9 Å². The molecule has 0 saturated heterocycles. The van der Waals surface area contributed by atoms with E-state index in [2.05, 4.69) is 9.97 Å². The molecule has 0 saturated carbocycles. The third-order valence-electron chi connectivity index (χ3n) is 3.86. The summed E-state index contributed by atoms with van der Waals surface area (Å²) in [5.74, 6) is -0.195. The zero-order valence-corrected chi connectivity index (χ0v) is 14.4. The second-order valence-electron chi connectivity index (χ2n) is 5.67. The van der Waals surface area contributed by atoms with Crippen molar-refractivity contribution >= 4 is 28.4 Å². The van der Waals surface area contributed by atoms with Gasteiger partial charge in [-0.2, -0.15) is 0 Å². The summed E-state index contributed by atoms with van der Waals surface area (Å²) >= 11 is 6.20. The molecule has 1 amide bonds. The molecular formula is C19H18ClN3O2. The lowest BCUT2D eigenvalue weighted by atomic mass is 10.2. The largest absolute Gasteiger partial charge is 0.396 e. The number of amides is 1. The van der Waals surface area contributed by atoms with Crippen molar-refractivity contribution in [2.45, 2.75) is 13.0 Å². The average Bonchev–Trinajstić information content (AvgIpc) is 2.65. The maximum absolute atomic E-state index is 12.9. The Hall–Kier alpha value is -2.50. The van der Waals surface area contributed by atoms with E-state index in [4.69, 9.17) is 16.7 Å². The molecule has 0 aliphatic heterocycles. The smallest absolute Gasteiger partial charge is 0.272 e. The molecule has 2 aromatic heterocycles. The second-order valence-corrected chi connectivity index (χ2v) is 6.08. The number of carbonyl (C=O) groups excluding carboxylic acids is 1. The first-order chi connectivity index (χ1) is 12.2. The Morgan fingerprint density at radius 2 is 2.04 bits per heavy atom. The van der Waals surface area contributed by atoms with E-state index >= 15 is 0 Å². The number of aliphatic hydroxyl groups excluding tert-OH is 1. The van der Waals surface area contributed by atoms with Gasteiger partial charge in [0.2, 0.25) is 0 Å². The topological polar surface area (TPSA) is 66.3 Å². The van der Waals surface area contributed by atoms with Crippen LogP contribution in [-0.2, 0) is 6.54 Å². The summed E-state index contributed by atoms with van der Waals surface area (Å²) < 4.78 is 0. The van der Waals surface area contributed by atoms with E-state index in [-0.39, 0.29) is 12.5 Å². The van der Waals surface area contributed by atoms with Gasteiger partial charge >= 0.3 is 0 Å². The van der Waals surface area contributed by atoms with Crippen molar-refractivity contribution in [3.05, 3.63) is 71.1 Å². The highest BCUT2D eigenvalue weighted by Crippen LogP contribution is 2.22. The molecule has 0 fully saturated rings. The van der Waals surface area contributed by atoms with Gasteiger partial charge < -0.3 is 10.0 Å². The number of nitrogens with zero attached hydrogens (tertiary/aromatic N) is 3. The third kappa shape index (κ3) is 4.13. The monoisotopic (exact) mass is 355 g/mol. The summed E-state index contributed by atoms with van der Waals surface area (Å²) in [6.45, 7) is 0.870. The Morgan fingerprint density at radius 3 is 2.80 bits per heavy atom. The van der Waals surface area contributed by atoms with Crippen LogP contribution in [0.3, 0.4) is 0 Å². The van der Waals surface area contributed by atoms with E-state index in [1.807, 2.05) is 30.3 Å². The number of fused-ring (bicyclic) bond motifs is 1. The quantitative estimate of drug-likeness (QED) is 0.736. The van der Waals surface area contributed by atoms with Crippen molar-refractivity contribution in [2.75, 3.05) is 13.2 Å². The Labute approximate surface area is 150 Å². The van der Waals surface area contributed by atoms with Crippen molar-refractivity contribution in [3.8, 4) is 0 Å². The van der Waals surface area contributed by atoms with Crippen LogP contribution in [0.25, 0.3) is 10.9 Å². The summed E-state index contributed by atoms with van der Waals surface area (Å²) in [7, 11) is 0. The average molecular weight is 356 g/mol. The van der Waals surface area contributed by atoms with E-state index < -0.39 is 0 Å². The lowest BCUT2D eigenvalue weighted by Gasteiger charge is -2.22. The molecule has 25 heavy (non-hydrogen) atoms. The van der Waals surface area contributed by atoms with Gasteiger partial charge in [0, 0.05) is 37.5 Å². The van der Waals surface area contributed by atoms with Crippen LogP contribution >= 0.6 is 11.6 Å². The lowest BCUT2D eigenvalue weighted by Crippen LogP contribution is -2.32. The standard InChI is InChI=1S/C19H18ClN3O2/c20-16-6-1-5-15-7-8-17(22-18(15)16)19(25)23(10-3-11-24)13-14-4-2-9-21-12-14/h1-2,4-9,12,24H,3,10-11,13H2. The number of halogens is 1. The van der Waals surface area contributed by atoms with Crippen LogP contribution in [0.4, 0.5) is 0 Å². The minimum atomic E-state index is -0.195. The Kier molecular flexibility index (Phi) is 5.58. The first kappa shape index (κ1) is 17.3. The first-order valence-electron chi connectivity index (χ1n) is 8.03. The minimum absolute atomic E-state index is 0.0216. The first-order valence-corrected chi connectivity index (χ1v) is 8.41. The number of hydrogen-bond acceptors (Lipinski definition) is 4. The molecule has 1 N–H and O–H groups in total. The Balaban J connectivity index is 1.89. The van der Waals surface area contributed by atoms with Gasteiger partial charge in [-0.1, -0.05) is 35.9 Å². The number of pyridine rings is 2. The van der Waals surface area contributed by atoms with Crippen LogP contribution in [0.2, 0.25) is 5.02 Å². The number of aromatic nitrogens is 2. The summed E-state index contributed by atoms with van der Waals surface area (Å²) in [6.07, 6.45) is 3.92. The second kappa shape index (κ2) is 8.05. The number of hydrogen-bond donors (Lipinski definition) is 1. The molecule has 0 spiro atoms. The Bertz CT molecular complexity index is 871. The number of para-hydroxylation sites is 1. The zero-order valence-electron chi connectivity index (χ0n) is 13.6. The molecule has 3 rings (SSSR count). The molecule has 5 nitrogen and oxygen atoms in total. The summed E-state index contributed by atoms with van der Waals surface area (Å²) in [5, 5.41) is 10.5. The van der Waals surface area contributed by atoms with Gasteiger partial charge in [0.1, 0.15) is 5.69 Å². The van der Waals surface area contributed by atoms with Gasteiger partial charge in [-0.3, -0.25) is 9.78 Å². The van der Waals surface area contributed by atoms with Crippen molar-refractivity contribution in [2.24, 2.45) is 0 Å². The molecule has 1 aromatic carbocycles. The van der Waals surface area contributed by atoms with Crippen LogP contribution in [0.5, 0.6) is 0 Å². The van der Waals surface area contributed by atoms with E-state index in [1.54, 1.807) is 29.4 Å². The zero-order chi connectivity index (χ0) is 17.6. The van der Waals surface area contributed by atoms with Crippen molar-refractivity contribution in [3.63, 3.8) is 0 Å². The maximum Gasteiger partial charge on any atom is 0.272 e. The maximum atomic E-state index is 12.9. The molecule has 2 heterocycles. The van der Waals surface area contributed by atoms with E-state index in [0.29, 0.717) is 35.7 Å². The highest BCUT2D eigenvalue weighted by Gasteiger charge is 2.18. The SMILES string of the molecule is O=C(c1ccc2cccc(Cl)c2n1)N(CCCO)Cc1cccnc1. The van der Waals surface area contributed by atoms with Crippen LogP contribution in [0, 0.1) is 0 Å². The highest BCUT2D eigenvalue weighted by atomic mass is 35.5. The van der Waals surface area contributed by atoms with Crippen molar-refractivity contribution < 1.29 is 9.90 Å². The molecule has 0 radical (unpaired) electrons. The fourth-order valence-electron chi connectivity index (χ4n) is 2.62. The van der Waals surface area contributed by atoms with E-state index in [1.165, 1.54) is 0 Å². The van der Waals surface area contributed by atoms with Gasteiger partial charge in [0.05, 0.1) is 10.5 Å². The summed E-state index contributed by atoms with van der Waals surface area (Å²) in [6, 6.07) is 12.8. The predicted molar refractivity (Wildman–Crippen MR) is 97.4 cm³/mol. The molecule has 3 aromatic rings. The van der Waals surface area contributed by atoms with Crippen LogP contribution < -0.4 is 0 Å². The molecule has 0 unspecified atom stereocenters. The van der Waals surface area contributed by atoms with Gasteiger partial charge in [-0.15, -0.1) is 0 Å². The van der Waals surface area contributed by atoms with E-state index in [0.717, 1.165) is 10.9 Å². The third-order valence-corrected chi connectivity index (χ3v) is 4.16. The molecule has 0 aliphatic carbocycles. The Morgan fingerprint density at radius 1 is 1.16 bits per heavy atom. The van der Waals surface area contributed by atoms with Crippen molar-refractivity contribution in [1.29, 1.82) is 0 Å². The predicted octanol–water partition coefficient (Wildman–Crippen LogP) is 3.31. The number of aliphatic hydroxyl groups is 1. The normalized spacial score (nSPS) is 10.8. The lowest BCUT2D eigenvalue weighted by molar-refractivity contribution is 0.0726. The van der Waals surface area contributed by atoms with Crippen LogP contribution in [0.1, 0.15) is 22.5 Å². The number of rotatable bonds is 6. The van der Waals surface area contributed by atoms with Gasteiger partial charge in [0.25, 0.3) is 5.91 Å². The fourth-order valence-corrected chi connectivity index (χ4v) is 2.84.